The highest BCUT2D eigenvalue weighted by atomic mass is 32.1. The number of carbonyl (C=O) groups is 5. The number of rotatable bonds is 12. The maximum absolute atomic E-state index is 12.3. The highest BCUT2D eigenvalue weighted by molar-refractivity contribution is 7.80. The average molecular weight is 420 g/mol. The summed E-state index contributed by atoms with van der Waals surface area (Å²) in [5.74, 6) is -5.20. The lowest BCUT2D eigenvalue weighted by Gasteiger charge is -2.24. The summed E-state index contributed by atoms with van der Waals surface area (Å²) in [5.41, 5.74) is 5.43. The third kappa shape index (κ3) is 8.57. The first-order chi connectivity index (χ1) is 12.9. The molecule has 3 amide bonds. The molecular weight excluding hydrogens is 392 g/mol. The molecule has 0 saturated heterocycles. The van der Waals surface area contributed by atoms with Crippen LogP contribution in [0.3, 0.4) is 0 Å². The lowest BCUT2D eigenvalue weighted by molar-refractivity contribution is -0.143. The van der Waals surface area contributed by atoms with E-state index in [4.69, 9.17) is 10.8 Å². The van der Waals surface area contributed by atoms with Crippen molar-refractivity contribution < 1.29 is 34.2 Å². The van der Waals surface area contributed by atoms with Crippen molar-refractivity contribution in [3.63, 3.8) is 0 Å². The molecular formula is C16H28N4O7S. The monoisotopic (exact) mass is 420 g/mol. The van der Waals surface area contributed by atoms with Gasteiger partial charge in [-0.05, 0) is 12.8 Å². The van der Waals surface area contributed by atoms with Gasteiger partial charge in [0.15, 0.2) is 0 Å². The van der Waals surface area contributed by atoms with Gasteiger partial charge in [-0.15, -0.1) is 0 Å². The fourth-order valence-corrected chi connectivity index (χ4v) is 2.35. The van der Waals surface area contributed by atoms with Crippen LogP contribution in [0.2, 0.25) is 0 Å². The molecule has 160 valence electrons. The van der Waals surface area contributed by atoms with Crippen LogP contribution in [-0.2, 0) is 24.0 Å². The second-order valence-electron chi connectivity index (χ2n) is 6.39. The first-order valence-corrected chi connectivity index (χ1v) is 9.29. The molecule has 0 fully saturated rings. The van der Waals surface area contributed by atoms with Gasteiger partial charge in [-0.2, -0.15) is 12.6 Å². The Hall–Kier alpha value is -2.34. The predicted molar refractivity (Wildman–Crippen MR) is 103 cm³/mol. The van der Waals surface area contributed by atoms with E-state index >= 15 is 0 Å². The quantitative estimate of drug-likeness (QED) is 0.182. The lowest BCUT2D eigenvalue weighted by Crippen LogP contribution is -2.57. The number of hydrogen-bond donors (Lipinski definition) is 7. The molecule has 5 atom stereocenters. The van der Waals surface area contributed by atoms with E-state index in [1.54, 1.807) is 13.8 Å². The van der Waals surface area contributed by atoms with E-state index in [1.165, 1.54) is 6.92 Å². The Morgan fingerprint density at radius 2 is 1.54 bits per heavy atom. The van der Waals surface area contributed by atoms with Gasteiger partial charge in [0.05, 0.1) is 12.5 Å². The van der Waals surface area contributed by atoms with Crippen LogP contribution in [-0.4, -0.2) is 69.8 Å². The Kier molecular flexibility index (Phi) is 11.2. The molecule has 0 aromatic heterocycles. The topological polar surface area (TPSA) is 188 Å². The van der Waals surface area contributed by atoms with Crippen molar-refractivity contribution in [3.05, 3.63) is 0 Å². The molecule has 0 radical (unpaired) electrons. The smallest absolute Gasteiger partial charge is 0.326 e. The van der Waals surface area contributed by atoms with E-state index < -0.39 is 60.2 Å². The van der Waals surface area contributed by atoms with Crippen LogP contribution in [0.4, 0.5) is 0 Å². The maximum atomic E-state index is 12.3. The molecule has 0 saturated carbocycles. The molecule has 0 heterocycles. The molecule has 0 aromatic carbocycles. The summed E-state index contributed by atoms with van der Waals surface area (Å²) in [6, 6.07) is -4.69. The molecule has 7 N–H and O–H groups in total. The minimum atomic E-state index is -1.35. The van der Waals surface area contributed by atoms with Gasteiger partial charge >= 0.3 is 11.9 Å². The van der Waals surface area contributed by atoms with E-state index in [2.05, 4.69) is 28.6 Å². The van der Waals surface area contributed by atoms with Crippen LogP contribution in [0, 0.1) is 5.92 Å². The van der Waals surface area contributed by atoms with Crippen molar-refractivity contribution in [2.75, 3.05) is 5.75 Å². The number of carbonyl (C=O) groups excluding carboxylic acids is 3. The zero-order valence-electron chi connectivity index (χ0n) is 16.0. The van der Waals surface area contributed by atoms with E-state index in [9.17, 15) is 29.1 Å². The molecule has 0 bridgehead atoms. The van der Waals surface area contributed by atoms with Gasteiger partial charge < -0.3 is 31.9 Å². The number of carboxylic acids is 2. The van der Waals surface area contributed by atoms with Crippen molar-refractivity contribution in [2.24, 2.45) is 11.7 Å². The molecule has 5 unspecified atom stereocenters. The van der Waals surface area contributed by atoms with Crippen LogP contribution in [0.1, 0.15) is 33.6 Å². The van der Waals surface area contributed by atoms with E-state index in [0.29, 0.717) is 6.42 Å². The lowest BCUT2D eigenvalue weighted by atomic mass is 9.99. The summed E-state index contributed by atoms with van der Waals surface area (Å²) < 4.78 is 0. The highest BCUT2D eigenvalue weighted by Crippen LogP contribution is 2.08. The van der Waals surface area contributed by atoms with Crippen molar-refractivity contribution >= 4 is 42.3 Å². The van der Waals surface area contributed by atoms with Crippen molar-refractivity contribution in [1.29, 1.82) is 0 Å². The van der Waals surface area contributed by atoms with Gasteiger partial charge in [-0.3, -0.25) is 19.2 Å². The zero-order chi connectivity index (χ0) is 22.0. The molecule has 0 aliphatic carbocycles. The van der Waals surface area contributed by atoms with Crippen molar-refractivity contribution in [3.8, 4) is 0 Å². The van der Waals surface area contributed by atoms with Gasteiger partial charge in [0.25, 0.3) is 0 Å². The Balaban J connectivity index is 4.86. The SMILES string of the molecule is CCC(C)C(NC(=O)C(C)NC(=O)C(CS)NC(=O)C(N)CC(=O)O)C(=O)O. The van der Waals surface area contributed by atoms with Crippen LogP contribution in [0.5, 0.6) is 0 Å². The molecule has 0 aromatic rings. The normalized spacial score (nSPS) is 16.0. The largest absolute Gasteiger partial charge is 0.481 e. The number of nitrogens with two attached hydrogens (primary N) is 1. The van der Waals surface area contributed by atoms with Gasteiger partial charge in [-0.25, -0.2) is 4.79 Å². The Morgan fingerprint density at radius 3 is 1.96 bits per heavy atom. The van der Waals surface area contributed by atoms with Crippen molar-refractivity contribution in [2.45, 2.75) is 57.8 Å². The summed E-state index contributed by atoms with van der Waals surface area (Å²) in [6.07, 6.45) is -0.0832. The Labute approximate surface area is 168 Å². The Bertz CT molecular complexity index is 602. The first kappa shape index (κ1) is 25.7. The molecule has 0 aliphatic rings. The van der Waals surface area contributed by atoms with E-state index in [0.717, 1.165) is 0 Å². The average Bonchev–Trinajstić information content (AvgIpc) is 2.61. The van der Waals surface area contributed by atoms with Crippen molar-refractivity contribution in [1.82, 2.24) is 16.0 Å². The third-order valence-corrected chi connectivity index (χ3v) is 4.44. The molecule has 0 rings (SSSR count). The van der Waals surface area contributed by atoms with Gasteiger partial charge in [0.2, 0.25) is 17.7 Å². The molecule has 0 spiro atoms. The number of nitrogens with one attached hydrogen (secondary N) is 3. The number of carboxylic acid groups (broad SMARTS) is 2. The standard InChI is InChI=1S/C16H28N4O7S/c1-4-7(2)12(16(26)27)20-13(23)8(3)18-15(25)10(6-28)19-14(24)9(17)5-11(21)22/h7-10,12,28H,4-6,17H2,1-3H3,(H,18,25)(H,19,24)(H,20,23)(H,21,22)(H,26,27). The molecule has 11 nitrogen and oxygen atoms in total. The molecule has 28 heavy (non-hydrogen) atoms. The fourth-order valence-electron chi connectivity index (χ4n) is 2.09. The second kappa shape index (κ2) is 12.2. The predicted octanol–water partition coefficient (Wildman–Crippen LogP) is -1.68. The minimum absolute atomic E-state index is 0.129. The third-order valence-electron chi connectivity index (χ3n) is 4.08. The van der Waals surface area contributed by atoms with Gasteiger partial charge in [-0.1, -0.05) is 20.3 Å². The summed E-state index contributed by atoms with van der Waals surface area (Å²) >= 11 is 3.95. The van der Waals surface area contributed by atoms with E-state index in [1.807, 2.05) is 0 Å². The van der Waals surface area contributed by atoms with Crippen LogP contribution < -0.4 is 21.7 Å². The molecule has 0 aliphatic heterocycles. The maximum Gasteiger partial charge on any atom is 0.326 e. The summed E-state index contributed by atoms with van der Waals surface area (Å²) in [7, 11) is 0. The Morgan fingerprint density at radius 1 is 0.964 bits per heavy atom. The summed E-state index contributed by atoms with van der Waals surface area (Å²) in [5, 5.41) is 24.8. The second-order valence-corrected chi connectivity index (χ2v) is 6.75. The number of hydrogen-bond acceptors (Lipinski definition) is 7. The van der Waals surface area contributed by atoms with E-state index in [-0.39, 0.29) is 11.7 Å². The number of aliphatic carboxylic acids is 2. The summed E-state index contributed by atoms with van der Waals surface area (Å²) in [6.45, 7) is 4.82. The highest BCUT2D eigenvalue weighted by Gasteiger charge is 2.29. The van der Waals surface area contributed by atoms with Crippen LogP contribution >= 0.6 is 12.6 Å². The van der Waals surface area contributed by atoms with Gasteiger partial charge in [0.1, 0.15) is 18.1 Å². The number of amides is 3. The minimum Gasteiger partial charge on any atom is -0.481 e. The first-order valence-electron chi connectivity index (χ1n) is 8.66. The zero-order valence-corrected chi connectivity index (χ0v) is 16.9. The summed E-state index contributed by atoms with van der Waals surface area (Å²) in [4.78, 5) is 58.2. The number of thiol groups is 1. The van der Waals surface area contributed by atoms with Crippen LogP contribution in [0.15, 0.2) is 0 Å². The fraction of sp³-hybridized carbons (Fsp3) is 0.688. The molecule has 12 heteroatoms. The van der Waals surface area contributed by atoms with Gasteiger partial charge in [0, 0.05) is 5.75 Å². The van der Waals surface area contributed by atoms with Crippen LogP contribution in [0.25, 0.3) is 0 Å².